The predicted molar refractivity (Wildman–Crippen MR) is 81.6 cm³/mol. The fourth-order valence-corrected chi connectivity index (χ4v) is 2.78. The Kier molecular flexibility index (Phi) is 5.32. The van der Waals surface area contributed by atoms with Crippen molar-refractivity contribution in [1.82, 2.24) is 9.97 Å². The number of anilines is 1. The van der Waals surface area contributed by atoms with E-state index in [0.717, 1.165) is 12.1 Å². The highest BCUT2D eigenvalue weighted by Gasteiger charge is 2.19. The summed E-state index contributed by atoms with van der Waals surface area (Å²) in [6, 6.07) is 4.73. The smallest absolute Gasteiger partial charge is 0.319 e. The Labute approximate surface area is 133 Å². The summed E-state index contributed by atoms with van der Waals surface area (Å²) in [5.74, 6) is -0.619. The number of hydrogen-bond acceptors (Lipinski definition) is 6. The average molecular weight is 341 g/mol. The van der Waals surface area contributed by atoms with Gasteiger partial charge in [0.15, 0.2) is 0 Å². The molecule has 1 heterocycles. The summed E-state index contributed by atoms with van der Waals surface area (Å²) in [7, 11) is -3.99. The summed E-state index contributed by atoms with van der Waals surface area (Å²) in [5, 5.41) is 0. The van der Waals surface area contributed by atoms with Gasteiger partial charge in [0.05, 0.1) is 24.3 Å². The zero-order chi connectivity index (χ0) is 16.9. The maximum absolute atomic E-state index is 13.2. The van der Waals surface area contributed by atoms with Crippen LogP contribution in [-0.2, 0) is 10.0 Å². The summed E-state index contributed by atoms with van der Waals surface area (Å²) in [6.45, 7) is 4.13. The Hall–Kier alpha value is -2.42. The van der Waals surface area contributed by atoms with E-state index in [9.17, 15) is 12.8 Å². The van der Waals surface area contributed by atoms with Gasteiger partial charge < -0.3 is 9.47 Å². The number of nitrogens with zero attached hydrogens (tertiary/aromatic N) is 2. The summed E-state index contributed by atoms with van der Waals surface area (Å²) in [4.78, 5) is 7.67. The Bertz CT molecular complexity index is 783. The lowest BCUT2D eigenvalue weighted by molar-refractivity contribution is 0.290. The molecule has 23 heavy (non-hydrogen) atoms. The number of nitrogens with one attached hydrogen (secondary N) is 1. The first-order valence-corrected chi connectivity index (χ1v) is 8.35. The Morgan fingerprint density at radius 2 is 1.96 bits per heavy atom. The number of aromatic nitrogens is 2. The van der Waals surface area contributed by atoms with Crippen molar-refractivity contribution in [2.45, 2.75) is 18.7 Å². The summed E-state index contributed by atoms with van der Waals surface area (Å²) in [6.07, 6.45) is 1.24. The van der Waals surface area contributed by atoms with Crippen LogP contribution in [0, 0.1) is 5.82 Å². The van der Waals surface area contributed by atoms with Crippen molar-refractivity contribution in [2.75, 3.05) is 17.9 Å². The molecular weight excluding hydrogens is 325 g/mol. The summed E-state index contributed by atoms with van der Waals surface area (Å²) in [5.41, 5.74) is 0.0413. The monoisotopic (exact) mass is 341 g/mol. The summed E-state index contributed by atoms with van der Waals surface area (Å²) >= 11 is 0. The fourth-order valence-electron chi connectivity index (χ4n) is 1.70. The normalized spacial score (nSPS) is 11.1. The predicted octanol–water partition coefficient (Wildman–Crippen LogP) is 2.21. The van der Waals surface area contributed by atoms with E-state index in [2.05, 4.69) is 14.7 Å². The Morgan fingerprint density at radius 1 is 1.22 bits per heavy atom. The molecular formula is C14H16FN3O4S. The number of sulfonamides is 1. The minimum absolute atomic E-state index is 0.0333. The van der Waals surface area contributed by atoms with Gasteiger partial charge >= 0.3 is 6.01 Å². The highest BCUT2D eigenvalue weighted by Crippen LogP contribution is 2.26. The van der Waals surface area contributed by atoms with Gasteiger partial charge in [-0.1, -0.05) is 6.07 Å². The minimum Gasteiger partial charge on any atom is -0.476 e. The highest BCUT2D eigenvalue weighted by molar-refractivity contribution is 7.92. The molecule has 0 spiro atoms. The molecule has 0 unspecified atom stereocenters. The topological polar surface area (TPSA) is 90.4 Å². The van der Waals surface area contributed by atoms with Gasteiger partial charge in [-0.15, -0.1) is 0 Å². The molecule has 0 radical (unpaired) electrons. The lowest BCUT2D eigenvalue weighted by Gasteiger charge is -2.12. The van der Waals surface area contributed by atoms with E-state index in [0.29, 0.717) is 6.61 Å². The van der Waals surface area contributed by atoms with E-state index in [1.807, 2.05) is 0 Å². The molecule has 9 heteroatoms. The Balaban J connectivity index is 2.34. The lowest BCUT2D eigenvalue weighted by Crippen LogP contribution is -2.15. The molecule has 1 N–H and O–H groups in total. The lowest BCUT2D eigenvalue weighted by atomic mass is 10.4. The van der Waals surface area contributed by atoms with Crippen LogP contribution in [0.25, 0.3) is 0 Å². The van der Waals surface area contributed by atoms with Gasteiger partial charge in [0, 0.05) is 0 Å². The van der Waals surface area contributed by atoms with Gasteiger partial charge in [0.2, 0.25) is 5.88 Å². The molecule has 0 saturated heterocycles. The largest absolute Gasteiger partial charge is 0.476 e. The third-order valence-electron chi connectivity index (χ3n) is 2.64. The van der Waals surface area contributed by atoms with Gasteiger partial charge in [-0.25, -0.2) is 17.8 Å². The molecule has 0 bridgehead atoms. The maximum Gasteiger partial charge on any atom is 0.319 e. The molecule has 124 valence electrons. The molecule has 0 aliphatic heterocycles. The molecule has 0 fully saturated rings. The second kappa shape index (κ2) is 7.23. The molecule has 2 rings (SSSR count). The van der Waals surface area contributed by atoms with Crippen LogP contribution in [0.3, 0.4) is 0 Å². The maximum atomic E-state index is 13.2. The quantitative estimate of drug-likeness (QED) is 0.830. The zero-order valence-electron chi connectivity index (χ0n) is 12.6. The van der Waals surface area contributed by atoms with Gasteiger partial charge in [0.1, 0.15) is 11.5 Å². The third-order valence-corrected chi connectivity index (χ3v) is 4.00. The zero-order valence-corrected chi connectivity index (χ0v) is 13.4. The van der Waals surface area contributed by atoms with Crippen molar-refractivity contribution in [3.63, 3.8) is 0 Å². The fraction of sp³-hybridized carbons (Fsp3) is 0.286. The Morgan fingerprint density at radius 3 is 2.61 bits per heavy atom. The molecule has 0 amide bonds. The van der Waals surface area contributed by atoms with Crippen molar-refractivity contribution < 1.29 is 22.3 Å². The number of benzene rings is 1. The number of halogens is 1. The van der Waals surface area contributed by atoms with Crippen molar-refractivity contribution in [3.8, 4) is 11.9 Å². The van der Waals surface area contributed by atoms with Crippen LogP contribution in [0.15, 0.2) is 35.4 Å². The van der Waals surface area contributed by atoms with Crippen molar-refractivity contribution in [2.24, 2.45) is 0 Å². The van der Waals surface area contributed by atoms with E-state index in [1.165, 1.54) is 18.3 Å². The molecule has 7 nitrogen and oxygen atoms in total. The van der Waals surface area contributed by atoms with E-state index < -0.39 is 15.8 Å². The second-order valence-electron chi connectivity index (χ2n) is 4.30. The number of rotatable bonds is 7. The van der Waals surface area contributed by atoms with E-state index >= 15 is 0 Å². The first kappa shape index (κ1) is 16.9. The van der Waals surface area contributed by atoms with Crippen molar-refractivity contribution in [3.05, 3.63) is 36.3 Å². The third kappa shape index (κ3) is 4.28. The molecule has 0 aliphatic carbocycles. The molecule has 1 aromatic heterocycles. The van der Waals surface area contributed by atoms with Gasteiger partial charge in [-0.2, -0.15) is 4.98 Å². The number of ether oxygens (including phenoxy) is 2. The molecule has 2 aromatic rings. The SMILES string of the molecule is CCOc1ncc(NS(=O)(=O)c2cccc(F)c2)c(OCC)n1. The van der Waals surface area contributed by atoms with Crippen LogP contribution in [0.1, 0.15) is 13.8 Å². The van der Waals surface area contributed by atoms with Crippen LogP contribution in [-0.4, -0.2) is 31.6 Å². The van der Waals surface area contributed by atoms with Crippen LogP contribution >= 0.6 is 0 Å². The molecule has 0 atom stereocenters. The van der Waals surface area contributed by atoms with Gasteiger partial charge in [-0.3, -0.25) is 4.72 Å². The van der Waals surface area contributed by atoms with Gasteiger partial charge in [-0.05, 0) is 32.0 Å². The first-order chi connectivity index (χ1) is 11.0. The first-order valence-electron chi connectivity index (χ1n) is 6.87. The molecule has 0 aliphatic rings. The van der Waals surface area contributed by atoms with E-state index in [1.54, 1.807) is 13.8 Å². The molecule has 1 aromatic carbocycles. The van der Waals surface area contributed by atoms with E-state index in [4.69, 9.17) is 9.47 Å². The second-order valence-corrected chi connectivity index (χ2v) is 5.98. The van der Waals surface area contributed by atoms with Crippen LogP contribution in [0.4, 0.5) is 10.1 Å². The number of hydrogen-bond donors (Lipinski definition) is 1. The minimum atomic E-state index is -3.99. The van der Waals surface area contributed by atoms with Crippen LogP contribution in [0.2, 0.25) is 0 Å². The van der Waals surface area contributed by atoms with Crippen molar-refractivity contribution in [1.29, 1.82) is 0 Å². The summed E-state index contributed by atoms with van der Waals surface area (Å²) < 4.78 is 50.5. The van der Waals surface area contributed by atoms with Crippen LogP contribution in [0.5, 0.6) is 11.9 Å². The van der Waals surface area contributed by atoms with Crippen LogP contribution < -0.4 is 14.2 Å². The van der Waals surface area contributed by atoms with E-state index in [-0.39, 0.29) is 29.1 Å². The average Bonchev–Trinajstić information content (AvgIpc) is 2.50. The van der Waals surface area contributed by atoms with Crippen molar-refractivity contribution >= 4 is 15.7 Å². The standard InChI is InChI=1S/C14H16FN3O4S/c1-3-21-13-12(9-16-14(17-13)22-4-2)18-23(19,20)11-7-5-6-10(15)8-11/h5-9,18H,3-4H2,1-2H3. The van der Waals surface area contributed by atoms with Gasteiger partial charge in [0.25, 0.3) is 10.0 Å². The highest BCUT2D eigenvalue weighted by atomic mass is 32.2. The molecule has 0 saturated carbocycles.